The Labute approximate surface area is 147 Å². The fraction of sp³-hybridized carbons (Fsp3) is 0.611. The van der Waals surface area contributed by atoms with Crippen molar-refractivity contribution in [2.45, 2.75) is 18.4 Å². The Hall–Kier alpha value is -1.83. The number of ether oxygens (including phenoxy) is 3. The van der Waals surface area contributed by atoms with Crippen molar-refractivity contribution in [1.29, 1.82) is 0 Å². The van der Waals surface area contributed by atoms with E-state index in [1.165, 1.54) is 0 Å². The summed E-state index contributed by atoms with van der Waals surface area (Å²) in [5, 5.41) is 13.1. The van der Waals surface area contributed by atoms with E-state index in [0.717, 1.165) is 18.7 Å². The molecule has 2 fully saturated rings. The van der Waals surface area contributed by atoms with Gasteiger partial charge in [-0.15, -0.1) is 0 Å². The number of aliphatic hydroxyl groups excluding tert-OH is 1. The maximum absolute atomic E-state index is 11.4. The molecule has 0 radical (unpaired) electrons. The molecule has 0 spiro atoms. The van der Waals surface area contributed by atoms with Crippen LogP contribution in [0.3, 0.4) is 0 Å². The zero-order valence-electron chi connectivity index (χ0n) is 14.6. The fourth-order valence-electron chi connectivity index (χ4n) is 3.22. The van der Waals surface area contributed by atoms with Crippen molar-refractivity contribution in [2.24, 2.45) is 0 Å². The second-order valence-electron chi connectivity index (χ2n) is 6.49. The molecule has 25 heavy (non-hydrogen) atoms. The molecule has 2 aliphatic heterocycles. The summed E-state index contributed by atoms with van der Waals surface area (Å²) in [7, 11) is 1.59. The lowest BCUT2D eigenvalue weighted by atomic mass is 9.98. The number of methoxy groups -OCH3 is 1. The van der Waals surface area contributed by atoms with E-state index in [0.29, 0.717) is 44.2 Å². The Morgan fingerprint density at radius 3 is 2.84 bits per heavy atom. The molecule has 7 nitrogen and oxygen atoms in total. The first-order chi connectivity index (χ1) is 12.2. The summed E-state index contributed by atoms with van der Waals surface area (Å²) >= 11 is 0. The predicted molar refractivity (Wildman–Crippen MR) is 92.1 cm³/mol. The molecule has 0 bridgehead atoms. The highest BCUT2D eigenvalue weighted by Crippen LogP contribution is 2.33. The molecule has 1 aromatic rings. The third-order valence-corrected chi connectivity index (χ3v) is 4.64. The first kappa shape index (κ1) is 18.0. The summed E-state index contributed by atoms with van der Waals surface area (Å²) in [4.78, 5) is 13.6. The molecular formula is C18H26N2O5. The maximum atomic E-state index is 11.4. The standard InChI is InChI=1S/C18H26N2O5/c1-23-16-3-2-13(14-9-18(22)19-10-14)8-17(16)25-12-15(21)11-20-4-6-24-7-5-20/h2-3,8,14-15,21H,4-7,9-12H2,1H3,(H,19,22). The second kappa shape index (κ2) is 8.51. The summed E-state index contributed by atoms with van der Waals surface area (Å²) in [6.07, 6.45) is -0.0907. The van der Waals surface area contributed by atoms with Gasteiger partial charge in [0.1, 0.15) is 12.7 Å². The number of morpholine rings is 1. The van der Waals surface area contributed by atoms with Gasteiger partial charge in [0.15, 0.2) is 11.5 Å². The first-order valence-corrected chi connectivity index (χ1v) is 8.71. The van der Waals surface area contributed by atoms with Gasteiger partial charge >= 0.3 is 0 Å². The van der Waals surface area contributed by atoms with Crippen LogP contribution in [0.2, 0.25) is 0 Å². The van der Waals surface area contributed by atoms with Gasteiger partial charge in [-0.25, -0.2) is 0 Å². The van der Waals surface area contributed by atoms with Gasteiger partial charge in [0.05, 0.1) is 20.3 Å². The van der Waals surface area contributed by atoms with Crippen LogP contribution in [0.25, 0.3) is 0 Å². The lowest BCUT2D eigenvalue weighted by molar-refractivity contribution is -0.119. The minimum absolute atomic E-state index is 0.0734. The normalized spacial score (nSPS) is 22.5. The van der Waals surface area contributed by atoms with Crippen LogP contribution in [0.4, 0.5) is 0 Å². The lowest BCUT2D eigenvalue weighted by Crippen LogP contribution is -2.42. The third kappa shape index (κ3) is 4.84. The molecule has 3 rings (SSSR count). The number of rotatable bonds is 7. The van der Waals surface area contributed by atoms with Crippen LogP contribution >= 0.6 is 0 Å². The van der Waals surface area contributed by atoms with Gasteiger partial charge < -0.3 is 24.6 Å². The minimum atomic E-state index is -0.582. The Balaban J connectivity index is 1.58. The third-order valence-electron chi connectivity index (χ3n) is 4.64. The molecule has 2 heterocycles. The molecule has 1 amide bonds. The zero-order valence-corrected chi connectivity index (χ0v) is 14.6. The van der Waals surface area contributed by atoms with Gasteiger partial charge in [-0.2, -0.15) is 0 Å². The highest BCUT2D eigenvalue weighted by molar-refractivity contribution is 5.79. The van der Waals surface area contributed by atoms with E-state index in [1.807, 2.05) is 18.2 Å². The molecule has 2 N–H and O–H groups in total. The molecule has 1 aromatic carbocycles. The summed E-state index contributed by atoms with van der Waals surface area (Å²) in [6, 6.07) is 5.72. The van der Waals surface area contributed by atoms with Crippen molar-refractivity contribution in [3.8, 4) is 11.5 Å². The molecule has 0 saturated carbocycles. The van der Waals surface area contributed by atoms with E-state index < -0.39 is 6.10 Å². The molecule has 2 saturated heterocycles. The molecule has 0 aromatic heterocycles. The second-order valence-corrected chi connectivity index (χ2v) is 6.49. The quantitative estimate of drug-likeness (QED) is 0.740. The van der Waals surface area contributed by atoms with E-state index in [1.54, 1.807) is 7.11 Å². The van der Waals surface area contributed by atoms with Crippen LogP contribution in [-0.2, 0) is 9.53 Å². The summed E-state index contributed by atoms with van der Waals surface area (Å²) in [6.45, 7) is 4.47. The lowest BCUT2D eigenvalue weighted by Gasteiger charge is -2.28. The van der Waals surface area contributed by atoms with E-state index in [2.05, 4.69) is 10.2 Å². The number of benzene rings is 1. The van der Waals surface area contributed by atoms with Crippen LogP contribution in [0, 0.1) is 0 Å². The number of carbonyl (C=O) groups is 1. The molecule has 2 atom stereocenters. The number of amides is 1. The van der Waals surface area contributed by atoms with E-state index in [4.69, 9.17) is 14.2 Å². The van der Waals surface area contributed by atoms with Crippen LogP contribution in [0.1, 0.15) is 17.9 Å². The molecule has 7 heteroatoms. The molecule has 2 unspecified atom stereocenters. The average Bonchev–Trinajstić information content (AvgIpc) is 3.07. The van der Waals surface area contributed by atoms with Crippen LogP contribution in [0.15, 0.2) is 18.2 Å². The van der Waals surface area contributed by atoms with Crippen LogP contribution in [0.5, 0.6) is 11.5 Å². The smallest absolute Gasteiger partial charge is 0.220 e. The first-order valence-electron chi connectivity index (χ1n) is 8.71. The van der Waals surface area contributed by atoms with Crippen molar-refractivity contribution in [3.05, 3.63) is 23.8 Å². The Morgan fingerprint density at radius 2 is 2.16 bits per heavy atom. The van der Waals surface area contributed by atoms with Gasteiger partial charge in [-0.1, -0.05) is 6.07 Å². The Bertz CT molecular complexity index is 589. The zero-order chi connectivity index (χ0) is 17.6. The largest absolute Gasteiger partial charge is 0.493 e. The van der Waals surface area contributed by atoms with Crippen LogP contribution < -0.4 is 14.8 Å². The van der Waals surface area contributed by atoms with E-state index in [9.17, 15) is 9.90 Å². The van der Waals surface area contributed by atoms with Crippen molar-refractivity contribution in [1.82, 2.24) is 10.2 Å². The monoisotopic (exact) mass is 350 g/mol. The van der Waals surface area contributed by atoms with Gasteiger partial charge in [-0.05, 0) is 17.7 Å². The fourth-order valence-corrected chi connectivity index (χ4v) is 3.22. The van der Waals surface area contributed by atoms with Crippen molar-refractivity contribution < 1.29 is 24.1 Å². The topological polar surface area (TPSA) is 80.3 Å². The number of β-amino-alcohol motifs (C(OH)–C–C–N with tert-alkyl or cyclic N) is 1. The number of aliphatic hydroxyl groups is 1. The maximum Gasteiger partial charge on any atom is 0.220 e. The van der Waals surface area contributed by atoms with Gasteiger partial charge in [-0.3, -0.25) is 9.69 Å². The van der Waals surface area contributed by atoms with E-state index in [-0.39, 0.29) is 18.4 Å². The average molecular weight is 350 g/mol. The SMILES string of the molecule is COc1ccc(C2CNC(=O)C2)cc1OCC(O)CN1CCOCC1. The number of nitrogens with one attached hydrogen (secondary N) is 1. The Morgan fingerprint density at radius 1 is 1.36 bits per heavy atom. The van der Waals surface area contributed by atoms with Crippen molar-refractivity contribution in [2.75, 3.05) is 53.1 Å². The minimum Gasteiger partial charge on any atom is -0.493 e. The Kier molecular flexibility index (Phi) is 6.12. The van der Waals surface area contributed by atoms with Gasteiger partial charge in [0, 0.05) is 38.5 Å². The molecule has 2 aliphatic rings. The summed E-state index contributed by atoms with van der Waals surface area (Å²) in [5.74, 6) is 1.45. The molecule has 0 aliphatic carbocycles. The molecular weight excluding hydrogens is 324 g/mol. The number of nitrogens with zero attached hydrogens (tertiary/aromatic N) is 1. The van der Waals surface area contributed by atoms with Crippen molar-refractivity contribution in [3.63, 3.8) is 0 Å². The van der Waals surface area contributed by atoms with Gasteiger partial charge in [0.25, 0.3) is 0 Å². The predicted octanol–water partition coefficient (Wildman–Crippen LogP) is 0.371. The molecule has 138 valence electrons. The van der Waals surface area contributed by atoms with E-state index >= 15 is 0 Å². The number of hydrogen-bond donors (Lipinski definition) is 2. The number of hydrogen-bond acceptors (Lipinski definition) is 6. The number of carbonyl (C=O) groups excluding carboxylic acids is 1. The highest BCUT2D eigenvalue weighted by atomic mass is 16.5. The van der Waals surface area contributed by atoms with Crippen molar-refractivity contribution >= 4 is 5.91 Å². The summed E-state index contributed by atoms with van der Waals surface area (Å²) < 4.78 is 16.5. The van der Waals surface area contributed by atoms with Gasteiger partial charge in [0.2, 0.25) is 5.91 Å². The highest BCUT2D eigenvalue weighted by Gasteiger charge is 2.24. The summed E-state index contributed by atoms with van der Waals surface area (Å²) in [5.41, 5.74) is 1.04. The van der Waals surface area contributed by atoms with Crippen LogP contribution in [-0.4, -0.2) is 75.1 Å².